The van der Waals surface area contributed by atoms with E-state index in [9.17, 15) is 5.11 Å². The number of fused-ring (bicyclic) bond motifs is 1. The molecule has 1 N–H and O–H groups in total. The Morgan fingerprint density at radius 2 is 2.00 bits per heavy atom. The average molecular weight is 267 g/mol. The lowest BCUT2D eigenvalue weighted by Gasteiger charge is -2.11. The fraction of sp³-hybridized carbons (Fsp3) is 0.235. The van der Waals surface area contributed by atoms with Crippen LogP contribution in [0.15, 0.2) is 59.3 Å². The Labute approximate surface area is 117 Å². The molecule has 3 heteroatoms. The van der Waals surface area contributed by atoms with Crippen LogP contribution >= 0.6 is 0 Å². The molecule has 0 aliphatic rings. The summed E-state index contributed by atoms with van der Waals surface area (Å²) < 4.78 is 5.28. The second kappa shape index (κ2) is 5.88. The van der Waals surface area contributed by atoms with Gasteiger partial charge in [0.1, 0.15) is 5.76 Å². The summed E-state index contributed by atoms with van der Waals surface area (Å²) in [7, 11) is 0. The highest BCUT2D eigenvalue weighted by atomic mass is 16.3. The lowest BCUT2D eigenvalue weighted by molar-refractivity contribution is 0.163. The van der Waals surface area contributed by atoms with Crippen LogP contribution in [-0.2, 0) is 12.8 Å². The van der Waals surface area contributed by atoms with Crippen LogP contribution in [-0.4, -0.2) is 16.2 Å². The van der Waals surface area contributed by atoms with Gasteiger partial charge in [-0.2, -0.15) is 0 Å². The minimum Gasteiger partial charge on any atom is -0.469 e. The third kappa shape index (κ3) is 2.89. The van der Waals surface area contributed by atoms with Crippen molar-refractivity contribution in [3.8, 4) is 0 Å². The maximum atomic E-state index is 10.2. The number of rotatable bonds is 5. The maximum absolute atomic E-state index is 10.2. The van der Waals surface area contributed by atoms with Crippen LogP contribution in [0.5, 0.6) is 0 Å². The SMILES string of the molecule is OC(CCc1ccco1)Cc1ccnc2ccccc12. The molecule has 3 nitrogen and oxygen atoms in total. The molecule has 0 saturated heterocycles. The predicted octanol–water partition coefficient (Wildman–Crippen LogP) is 3.36. The van der Waals surface area contributed by atoms with Crippen molar-refractivity contribution >= 4 is 10.9 Å². The summed E-state index contributed by atoms with van der Waals surface area (Å²) in [4.78, 5) is 4.34. The molecule has 1 atom stereocenters. The van der Waals surface area contributed by atoms with E-state index in [0.29, 0.717) is 12.8 Å². The van der Waals surface area contributed by atoms with Crippen LogP contribution in [0.1, 0.15) is 17.7 Å². The second-order valence-electron chi connectivity index (χ2n) is 4.96. The zero-order valence-corrected chi connectivity index (χ0v) is 11.2. The van der Waals surface area contributed by atoms with Gasteiger partial charge in [-0.15, -0.1) is 0 Å². The van der Waals surface area contributed by atoms with Crippen molar-refractivity contribution in [3.63, 3.8) is 0 Å². The Kier molecular flexibility index (Phi) is 3.79. The van der Waals surface area contributed by atoms with Gasteiger partial charge in [0, 0.05) is 18.0 Å². The Bertz CT molecular complexity index is 671. The van der Waals surface area contributed by atoms with E-state index < -0.39 is 0 Å². The highest BCUT2D eigenvalue weighted by molar-refractivity contribution is 5.81. The van der Waals surface area contributed by atoms with Gasteiger partial charge < -0.3 is 9.52 Å². The molecular weight excluding hydrogens is 250 g/mol. The zero-order chi connectivity index (χ0) is 13.8. The third-order valence-corrected chi connectivity index (χ3v) is 3.50. The smallest absolute Gasteiger partial charge is 0.103 e. The number of aliphatic hydroxyl groups is 1. The normalized spacial score (nSPS) is 12.7. The van der Waals surface area contributed by atoms with E-state index in [1.807, 2.05) is 36.4 Å². The van der Waals surface area contributed by atoms with Crippen LogP contribution in [0.3, 0.4) is 0 Å². The molecule has 3 rings (SSSR count). The number of hydrogen-bond donors (Lipinski definition) is 1. The number of furan rings is 1. The van der Waals surface area contributed by atoms with Gasteiger partial charge in [-0.05, 0) is 42.7 Å². The second-order valence-corrected chi connectivity index (χ2v) is 4.96. The zero-order valence-electron chi connectivity index (χ0n) is 11.2. The largest absolute Gasteiger partial charge is 0.469 e. The first-order valence-electron chi connectivity index (χ1n) is 6.86. The van der Waals surface area contributed by atoms with Crippen LogP contribution < -0.4 is 0 Å². The Balaban J connectivity index is 1.69. The van der Waals surface area contributed by atoms with E-state index in [0.717, 1.165) is 28.6 Å². The van der Waals surface area contributed by atoms with Gasteiger partial charge >= 0.3 is 0 Å². The molecule has 0 amide bonds. The molecule has 102 valence electrons. The van der Waals surface area contributed by atoms with E-state index in [1.165, 1.54) is 0 Å². The summed E-state index contributed by atoms with van der Waals surface area (Å²) in [6.45, 7) is 0. The number of aromatic nitrogens is 1. The van der Waals surface area contributed by atoms with E-state index in [2.05, 4.69) is 11.1 Å². The predicted molar refractivity (Wildman–Crippen MR) is 78.5 cm³/mol. The standard InChI is InChI=1S/C17H17NO2/c19-14(7-8-15-4-3-11-20-15)12-13-9-10-18-17-6-2-1-5-16(13)17/h1-6,9-11,14,19H,7-8,12H2. The lowest BCUT2D eigenvalue weighted by atomic mass is 10.0. The van der Waals surface area contributed by atoms with Crippen LogP contribution in [0.25, 0.3) is 10.9 Å². The molecule has 1 aromatic carbocycles. The fourth-order valence-corrected chi connectivity index (χ4v) is 2.45. The highest BCUT2D eigenvalue weighted by Gasteiger charge is 2.09. The van der Waals surface area contributed by atoms with Gasteiger partial charge in [0.15, 0.2) is 0 Å². The highest BCUT2D eigenvalue weighted by Crippen LogP contribution is 2.19. The van der Waals surface area contributed by atoms with Gasteiger partial charge in [0.2, 0.25) is 0 Å². The van der Waals surface area contributed by atoms with Gasteiger partial charge in [-0.3, -0.25) is 4.98 Å². The Morgan fingerprint density at radius 3 is 2.85 bits per heavy atom. The van der Waals surface area contributed by atoms with Crippen molar-refractivity contribution in [2.75, 3.05) is 0 Å². The van der Waals surface area contributed by atoms with Crippen molar-refractivity contribution in [1.29, 1.82) is 0 Å². The first kappa shape index (κ1) is 12.9. The van der Waals surface area contributed by atoms with Crippen molar-refractivity contribution in [2.45, 2.75) is 25.4 Å². The molecule has 2 heterocycles. The number of aryl methyl sites for hydroxylation is 1. The van der Waals surface area contributed by atoms with Gasteiger partial charge in [-0.1, -0.05) is 18.2 Å². The monoisotopic (exact) mass is 267 g/mol. The van der Waals surface area contributed by atoms with Crippen molar-refractivity contribution in [1.82, 2.24) is 4.98 Å². The van der Waals surface area contributed by atoms with Crippen molar-refractivity contribution in [2.24, 2.45) is 0 Å². The molecule has 0 fully saturated rings. The van der Waals surface area contributed by atoms with Crippen molar-refractivity contribution < 1.29 is 9.52 Å². The van der Waals surface area contributed by atoms with Gasteiger partial charge in [-0.25, -0.2) is 0 Å². The number of benzene rings is 1. The first-order valence-corrected chi connectivity index (χ1v) is 6.86. The molecular formula is C17H17NO2. The third-order valence-electron chi connectivity index (χ3n) is 3.50. The Hall–Kier alpha value is -2.13. The minimum atomic E-state index is -0.370. The van der Waals surface area contributed by atoms with Gasteiger partial charge in [0.25, 0.3) is 0 Å². The summed E-state index contributed by atoms with van der Waals surface area (Å²) >= 11 is 0. The molecule has 0 aliphatic heterocycles. The molecule has 1 unspecified atom stereocenters. The van der Waals surface area contributed by atoms with Crippen molar-refractivity contribution in [3.05, 3.63) is 66.2 Å². The summed E-state index contributed by atoms with van der Waals surface area (Å²) in [6.07, 6.45) is 5.20. The van der Waals surface area contributed by atoms with Gasteiger partial charge in [0.05, 0.1) is 17.9 Å². The molecule has 0 bridgehead atoms. The number of aliphatic hydroxyl groups excluding tert-OH is 1. The van der Waals surface area contributed by atoms with E-state index in [1.54, 1.807) is 12.5 Å². The van der Waals surface area contributed by atoms with Crippen LogP contribution in [0.4, 0.5) is 0 Å². The molecule has 20 heavy (non-hydrogen) atoms. The van der Waals surface area contributed by atoms with E-state index in [4.69, 9.17) is 4.42 Å². The number of pyridine rings is 1. The number of para-hydroxylation sites is 1. The summed E-state index contributed by atoms with van der Waals surface area (Å²) in [6, 6.07) is 13.8. The quantitative estimate of drug-likeness (QED) is 0.771. The first-order chi connectivity index (χ1) is 9.83. The van der Waals surface area contributed by atoms with E-state index in [-0.39, 0.29) is 6.10 Å². The lowest BCUT2D eigenvalue weighted by Crippen LogP contribution is -2.12. The molecule has 3 aromatic rings. The average Bonchev–Trinajstić information content (AvgIpc) is 2.99. The fourth-order valence-electron chi connectivity index (χ4n) is 2.45. The summed E-state index contributed by atoms with van der Waals surface area (Å²) in [5, 5.41) is 11.3. The molecule has 0 radical (unpaired) electrons. The number of nitrogens with zero attached hydrogens (tertiary/aromatic N) is 1. The number of hydrogen-bond acceptors (Lipinski definition) is 3. The molecule has 0 saturated carbocycles. The van der Waals surface area contributed by atoms with Crippen LogP contribution in [0, 0.1) is 0 Å². The van der Waals surface area contributed by atoms with E-state index >= 15 is 0 Å². The Morgan fingerprint density at radius 1 is 1.10 bits per heavy atom. The molecule has 0 spiro atoms. The summed E-state index contributed by atoms with van der Waals surface area (Å²) in [5.74, 6) is 0.920. The minimum absolute atomic E-state index is 0.370. The molecule has 2 aromatic heterocycles. The maximum Gasteiger partial charge on any atom is 0.103 e. The topological polar surface area (TPSA) is 46.3 Å². The molecule has 0 aliphatic carbocycles. The van der Waals surface area contributed by atoms with Crippen LogP contribution in [0.2, 0.25) is 0 Å². The summed E-state index contributed by atoms with van der Waals surface area (Å²) in [5.41, 5.74) is 2.12.